The number of hydrogen-bond donors (Lipinski definition) is 1. The summed E-state index contributed by atoms with van der Waals surface area (Å²) in [6.07, 6.45) is 6.61. The molecular weight excluding hydrogens is 433 g/mol. The number of carbonyl (C=O) groups excluding carboxylic acids is 2. The highest BCUT2D eigenvalue weighted by atomic mass is 19.1. The van der Waals surface area contributed by atoms with Crippen molar-refractivity contribution >= 4 is 17.5 Å². The van der Waals surface area contributed by atoms with Crippen LogP contribution in [-0.2, 0) is 4.79 Å². The molecule has 1 heterocycles. The number of amides is 2. The molecule has 176 valence electrons. The van der Waals surface area contributed by atoms with Gasteiger partial charge in [0.05, 0.1) is 7.11 Å². The Labute approximate surface area is 198 Å². The minimum atomic E-state index is -1.00. The van der Waals surface area contributed by atoms with Gasteiger partial charge in [0.15, 0.2) is 0 Å². The van der Waals surface area contributed by atoms with Crippen LogP contribution in [0.4, 0.5) is 10.1 Å². The molecule has 1 saturated carbocycles. The van der Waals surface area contributed by atoms with Gasteiger partial charge in [-0.2, -0.15) is 0 Å². The fraction of sp³-hybridized carbons (Fsp3) is 0.296. The molecule has 6 nitrogen and oxygen atoms in total. The largest absolute Gasteiger partial charge is 0.497 e. The second kappa shape index (κ2) is 10.9. The van der Waals surface area contributed by atoms with E-state index < -0.39 is 17.8 Å². The second-order valence-electron chi connectivity index (χ2n) is 8.39. The van der Waals surface area contributed by atoms with Crippen LogP contribution in [0.15, 0.2) is 72.9 Å². The first-order chi connectivity index (χ1) is 16.6. The highest BCUT2D eigenvalue weighted by Crippen LogP contribution is 2.32. The molecule has 1 aromatic heterocycles. The number of carbonyl (C=O) groups is 2. The highest BCUT2D eigenvalue weighted by Gasteiger charge is 2.35. The summed E-state index contributed by atoms with van der Waals surface area (Å²) < 4.78 is 19.1. The van der Waals surface area contributed by atoms with Gasteiger partial charge in [-0.25, -0.2) is 4.39 Å². The molecule has 34 heavy (non-hydrogen) atoms. The van der Waals surface area contributed by atoms with Gasteiger partial charge >= 0.3 is 0 Å². The van der Waals surface area contributed by atoms with Crippen molar-refractivity contribution in [3.8, 4) is 5.75 Å². The van der Waals surface area contributed by atoms with Gasteiger partial charge in [0.2, 0.25) is 5.91 Å². The molecule has 0 saturated heterocycles. The second-order valence-corrected chi connectivity index (χ2v) is 8.39. The van der Waals surface area contributed by atoms with E-state index in [2.05, 4.69) is 10.3 Å². The maximum Gasteiger partial charge on any atom is 0.277 e. The molecular formula is C27H28FN3O3. The lowest BCUT2D eigenvalue weighted by Crippen LogP contribution is -2.47. The Balaban J connectivity index is 1.81. The number of anilines is 1. The molecule has 1 fully saturated rings. The predicted molar refractivity (Wildman–Crippen MR) is 128 cm³/mol. The average Bonchev–Trinajstić information content (AvgIpc) is 2.88. The first-order valence-corrected chi connectivity index (χ1v) is 11.5. The molecule has 0 aliphatic heterocycles. The van der Waals surface area contributed by atoms with Gasteiger partial charge in [0, 0.05) is 17.9 Å². The molecule has 2 amide bonds. The quantitative estimate of drug-likeness (QED) is 0.534. The van der Waals surface area contributed by atoms with Crippen LogP contribution in [0, 0.1) is 5.82 Å². The number of methoxy groups -OCH3 is 1. The van der Waals surface area contributed by atoms with Crippen molar-refractivity contribution in [3.63, 3.8) is 0 Å². The summed E-state index contributed by atoms with van der Waals surface area (Å²) in [5.74, 6) is -0.622. The van der Waals surface area contributed by atoms with Gasteiger partial charge in [-0.1, -0.05) is 37.5 Å². The predicted octanol–water partition coefficient (Wildman–Crippen LogP) is 5.07. The van der Waals surface area contributed by atoms with E-state index in [4.69, 9.17) is 4.74 Å². The lowest BCUT2D eigenvalue weighted by molar-refractivity contribution is -0.123. The van der Waals surface area contributed by atoms with E-state index in [1.165, 1.54) is 35.4 Å². The Bertz CT molecular complexity index is 1120. The molecule has 1 unspecified atom stereocenters. The summed E-state index contributed by atoms with van der Waals surface area (Å²) in [7, 11) is 1.55. The van der Waals surface area contributed by atoms with Gasteiger partial charge in [-0.15, -0.1) is 0 Å². The number of halogens is 1. The first-order valence-electron chi connectivity index (χ1n) is 11.5. The van der Waals surface area contributed by atoms with E-state index in [0.29, 0.717) is 17.0 Å². The van der Waals surface area contributed by atoms with E-state index in [9.17, 15) is 14.0 Å². The van der Waals surface area contributed by atoms with Crippen molar-refractivity contribution in [1.82, 2.24) is 10.3 Å². The topological polar surface area (TPSA) is 71.5 Å². The molecule has 7 heteroatoms. The summed E-state index contributed by atoms with van der Waals surface area (Å²) in [5, 5.41) is 3.15. The maximum atomic E-state index is 13.8. The normalized spacial score (nSPS) is 14.8. The third kappa shape index (κ3) is 5.42. The Hall–Kier alpha value is -3.74. The Morgan fingerprint density at radius 1 is 1.03 bits per heavy atom. The summed E-state index contributed by atoms with van der Waals surface area (Å²) in [4.78, 5) is 33.1. The zero-order valence-electron chi connectivity index (χ0n) is 19.1. The van der Waals surface area contributed by atoms with Crippen LogP contribution in [-0.4, -0.2) is 29.9 Å². The summed E-state index contributed by atoms with van der Waals surface area (Å²) in [6, 6.07) is 16.7. The average molecular weight is 462 g/mol. The van der Waals surface area contributed by atoms with Gasteiger partial charge in [-0.3, -0.25) is 19.5 Å². The molecule has 4 rings (SSSR count). The van der Waals surface area contributed by atoms with Crippen molar-refractivity contribution in [3.05, 3.63) is 90.0 Å². The number of pyridine rings is 1. The number of ether oxygens (including phenoxy) is 1. The number of aromatic nitrogens is 1. The molecule has 3 aromatic rings. The van der Waals surface area contributed by atoms with Gasteiger partial charge in [-0.05, 0) is 66.9 Å². The Morgan fingerprint density at radius 3 is 2.47 bits per heavy atom. The fourth-order valence-electron chi connectivity index (χ4n) is 4.35. The van der Waals surface area contributed by atoms with Crippen molar-refractivity contribution in [2.24, 2.45) is 0 Å². The monoisotopic (exact) mass is 461 g/mol. The smallest absolute Gasteiger partial charge is 0.277 e. The highest BCUT2D eigenvalue weighted by molar-refractivity contribution is 6.09. The van der Waals surface area contributed by atoms with Gasteiger partial charge < -0.3 is 10.1 Å². The van der Waals surface area contributed by atoms with Gasteiger partial charge in [0.25, 0.3) is 5.91 Å². The third-order valence-corrected chi connectivity index (χ3v) is 6.08. The zero-order chi connectivity index (χ0) is 23.9. The van der Waals surface area contributed by atoms with E-state index in [-0.39, 0.29) is 17.6 Å². The molecule has 1 aliphatic rings. The Kier molecular flexibility index (Phi) is 7.52. The van der Waals surface area contributed by atoms with Crippen LogP contribution < -0.4 is 15.0 Å². The van der Waals surface area contributed by atoms with Crippen LogP contribution >= 0.6 is 0 Å². The zero-order valence-corrected chi connectivity index (χ0v) is 19.1. The molecule has 0 spiro atoms. The van der Waals surface area contributed by atoms with Crippen molar-refractivity contribution < 1.29 is 18.7 Å². The van der Waals surface area contributed by atoms with Crippen molar-refractivity contribution in [1.29, 1.82) is 0 Å². The number of nitrogens with zero attached hydrogens (tertiary/aromatic N) is 2. The molecule has 0 bridgehead atoms. The molecule has 2 aromatic carbocycles. The lowest BCUT2D eigenvalue weighted by atomic mass is 9.94. The number of benzene rings is 2. The standard InChI is InChI=1S/C27H28FN3O3/c1-34-23-11-7-8-19(18-23)25(26(32)30-21-9-3-2-4-10-21)31(22-15-13-20(28)14-16-22)27(33)24-12-5-6-17-29-24/h5-8,11-18,21,25H,2-4,9-10H2,1H3,(H,30,32). The minimum absolute atomic E-state index is 0.0503. The third-order valence-electron chi connectivity index (χ3n) is 6.08. The van der Waals surface area contributed by atoms with Crippen molar-refractivity contribution in [2.75, 3.05) is 12.0 Å². The van der Waals surface area contributed by atoms with Gasteiger partial charge in [0.1, 0.15) is 23.3 Å². The number of rotatable bonds is 7. The molecule has 1 N–H and O–H groups in total. The molecule has 0 radical (unpaired) electrons. The lowest BCUT2D eigenvalue weighted by Gasteiger charge is -2.33. The van der Waals surface area contributed by atoms with Crippen LogP contribution in [0.5, 0.6) is 5.75 Å². The van der Waals surface area contributed by atoms with E-state index >= 15 is 0 Å². The SMILES string of the molecule is COc1cccc(C(C(=O)NC2CCCCC2)N(C(=O)c2ccccn2)c2ccc(F)cc2)c1. The Morgan fingerprint density at radius 2 is 1.79 bits per heavy atom. The van der Waals surface area contributed by atoms with E-state index in [1.807, 2.05) is 0 Å². The first kappa shape index (κ1) is 23.4. The van der Waals surface area contributed by atoms with E-state index in [0.717, 1.165) is 32.1 Å². The number of hydrogen-bond acceptors (Lipinski definition) is 4. The summed E-state index contributed by atoms with van der Waals surface area (Å²) in [6.45, 7) is 0. The van der Waals surface area contributed by atoms with Crippen LogP contribution in [0.1, 0.15) is 54.2 Å². The molecule has 1 atom stereocenters. The summed E-state index contributed by atoms with van der Waals surface area (Å²) in [5.41, 5.74) is 1.16. The number of nitrogens with one attached hydrogen (secondary N) is 1. The van der Waals surface area contributed by atoms with Crippen LogP contribution in [0.25, 0.3) is 0 Å². The van der Waals surface area contributed by atoms with E-state index in [1.54, 1.807) is 49.6 Å². The van der Waals surface area contributed by atoms with Crippen LogP contribution in [0.3, 0.4) is 0 Å². The maximum absolute atomic E-state index is 13.8. The fourth-order valence-corrected chi connectivity index (χ4v) is 4.35. The van der Waals surface area contributed by atoms with Crippen LogP contribution in [0.2, 0.25) is 0 Å². The van der Waals surface area contributed by atoms with Crippen molar-refractivity contribution in [2.45, 2.75) is 44.2 Å². The summed E-state index contributed by atoms with van der Waals surface area (Å²) >= 11 is 0. The molecule has 1 aliphatic carbocycles. The minimum Gasteiger partial charge on any atom is -0.497 e.